The zero-order valence-electron chi connectivity index (χ0n) is 12.5. The van der Waals surface area contributed by atoms with Crippen LogP contribution in [0.15, 0.2) is 48.5 Å². The van der Waals surface area contributed by atoms with Crippen molar-refractivity contribution in [2.24, 2.45) is 0 Å². The van der Waals surface area contributed by atoms with E-state index in [1.54, 1.807) is 0 Å². The fraction of sp³-hybridized carbons (Fsp3) is 0.333. The van der Waals surface area contributed by atoms with Crippen molar-refractivity contribution in [3.8, 4) is 5.75 Å². The van der Waals surface area contributed by atoms with Crippen LogP contribution in [0.3, 0.4) is 0 Å². The van der Waals surface area contributed by atoms with Gasteiger partial charge >= 0.3 is 0 Å². The molecule has 0 aliphatic carbocycles. The predicted octanol–water partition coefficient (Wildman–Crippen LogP) is 5.23. The van der Waals surface area contributed by atoms with E-state index in [9.17, 15) is 0 Å². The Morgan fingerprint density at radius 2 is 1.76 bits per heavy atom. The van der Waals surface area contributed by atoms with Crippen molar-refractivity contribution in [3.63, 3.8) is 0 Å². The van der Waals surface area contributed by atoms with Gasteiger partial charge in [-0.15, -0.1) is 23.5 Å². The summed E-state index contributed by atoms with van der Waals surface area (Å²) in [6.07, 6.45) is 0. The van der Waals surface area contributed by atoms with Gasteiger partial charge in [0, 0.05) is 11.5 Å². The van der Waals surface area contributed by atoms with Gasteiger partial charge in [0.25, 0.3) is 0 Å². The molecule has 3 rings (SSSR count). The quantitative estimate of drug-likeness (QED) is 0.764. The molecule has 0 atom stereocenters. The molecule has 0 radical (unpaired) electrons. The molecule has 0 spiro atoms. The van der Waals surface area contributed by atoms with Crippen molar-refractivity contribution >= 4 is 23.5 Å². The Hall–Kier alpha value is -1.06. The van der Waals surface area contributed by atoms with Crippen molar-refractivity contribution in [1.29, 1.82) is 0 Å². The lowest BCUT2D eigenvalue weighted by Gasteiger charge is -2.22. The first-order valence-electron chi connectivity index (χ1n) is 7.22. The lowest BCUT2D eigenvalue weighted by Crippen LogP contribution is -2.08. The van der Waals surface area contributed by atoms with Crippen LogP contribution in [0.5, 0.6) is 5.75 Å². The van der Waals surface area contributed by atoms with Crippen LogP contribution in [0.25, 0.3) is 0 Å². The number of thioether (sulfide) groups is 2. The SMILES string of the molecule is Cc1ccc(COc2cccc(C3(C)SCCS3)c2)cc1. The number of rotatable bonds is 4. The van der Waals surface area contributed by atoms with E-state index in [1.165, 1.54) is 28.2 Å². The highest BCUT2D eigenvalue weighted by atomic mass is 32.2. The number of benzene rings is 2. The first-order chi connectivity index (χ1) is 10.2. The van der Waals surface area contributed by atoms with E-state index < -0.39 is 0 Å². The molecule has 1 aliphatic heterocycles. The highest BCUT2D eigenvalue weighted by Crippen LogP contribution is 2.51. The second-order valence-corrected chi connectivity index (χ2v) is 8.73. The van der Waals surface area contributed by atoms with E-state index in [-0.39, 0.29) is 4.08 Å². The van der Waals surface area contributed by atoms with Crippen LogP contribution in [-0.4, -0.2) is 11.5 Å². The molecule has 0 N–H and O–H groups in total. The summed E-state index contributed by atoms with van der Waals surface area (Å²) in [7, 11) is 0. The van der Waals surface area contributed by atoms with Crippen LogP contribution in [0, 0.1) is 6.92 Å². The highest BCUT2D eigenvalue weighted by molar-refractivity contribution is 8.20. The van der Waals surface area contributed by atoms with Gasteiger partial charge in [0.1, 0.15) is 12.4 Å². The average molecular weight is 316 g/mol. The van der Waals surface area contributed by atoms with Crippen LogP contribution in [0.4, 0.5) is 0 Å². The predicted molar refractivity (Wildman–Crippen MR) is 94.2 cm³/mol. The molecule has 0 aromatic heterocycles. The van der Waals surface area contributed by atoms with Gasteiger partial charge in [0.2, 0.25) is 0 Å². The maximum Gasteiger partial charge on any atom is 0.120 e. The summed E-state index contributed by atoms with van der Waals surface area (Å²) in [6, 6.07) is 17.1. The largest absolute Gasteiger partial charge is 0.489 e. The van der Waals surface area contributed by atoms with E-state index in [0.29, 0.717) is 6.61 Å². The molecule has 0 saturated carbocycles. The van der Waals surface area contributed by atoms with E-state index in [1.807, 2.05) is 29.6 Å². The minimum atomic E-state index is 0.184. The number of hydrogen-bond donors (Lipinski definition) is 0. The Labute approximate surface area is 135 Å². The van der Waals surface area contributed by atoms with E-state index in [0.717, 1.165) is 5.75 Å². The Morgan fingerprint density at radius 3 is 2.48 bits per heavy atom. The number of hydrogen-bond acceptors (Lipinski definition) is 3. The van der Waals surface area contributed by atoms with Crippen LogP contribution >= 0.6 is 23.5 Å². The molecule has 2 aromatic rings. The van der Waals surface area contributed by atoms with E-state index >= 15 is 0 Å². The molecule has 1 aliphatic rings. The molecular formula is C18H20OS2. The first kappa shape index (κ1) is 14.9. The zero-order valence-corrected chi connectivity index (χ0v) is 14.1. The van der Waals surface area contributed by atoms with Crippen LogP contribution in [0.2, 0.25) is 0 Å². The molecule has 0 bridgehead atoms. The lowest BCUT2D eigenvalue weighted by molar-refractivity contribution is 0.306. The summed E-state index contributed by atoms with van der Waals surface area (Å²) >= 11 is 4.06. The van der Waals surface area contributed by atoms with Crippen molar-refractivity contribution in [3.05, 3.63) is 65.2 Å². The third-order valence-corrected chi connectivity index (χ3v) is 7.08. The van der Waals surface area contributed by atoms with Crippen LogP contribution in [-0.2, 0) is 10.7 Å². The second kappa shape index (κ2) is 6.37. The maximum atomic E-state index is 5.96. The highest BCUT2D eigenvalue weighted by Gasteiger charge is 2.32. The number of aryl methyl sites for hydroxylation is 1. The molecule has 1 nitrogen and oxygen atoms in total. The summed E-state index contributed by atoms with van der Waals surface area (Å²) in [6.45, 7) is 5.04. The van der Waals surface area contributed by atoms with Gasteiger partial charge in [-0.1, -0.05) is 42.0 Å². The molecule has 3 heteroatoms. The average Bonchev–Trinajstić information content (AvgIpc) is 2.95. The fourth-order valence-electron chi connectivity index (χ4n) is 2.40. The smallest absolute Gasteiger partial charge is 0.120 e. The van der Waals surface area contributed by atoms with Gasteiger partial charge in [-0.05, 0) is 37.1 Å². The van der Waals surface area contributed by atoms with Crippen LogP contribution in [0.1, 0.15) is 23.6 Å². The van der Waals surface area contributed by atoms with Crippen molar-refractivity contribution < 1.29 is 4.74 Å². The molecule has 1 saturated heterocycles. The molecule has 1 heterocycles. The van der Waals surface area contributed by atoms with Gasteiger partial charge < -0.3 is 4.74 Å². The Kier molecular flexibility index (Phi) is 4.51. The standard InChI is InChI=1S/C18H20OS2/c1-14-6-8-15(9-7-14)13-19-17-5-3-4-16(12-17)18(2)20-10-11-21-18/h3-9,12H,10-11,13H2,1-2H3. The topological polar surface area (TPSA) is 9.23 Å². The van der Waals surface area contributed by atoms with Crippen molar-refractivity contribution in [2.75, 3.05) is 11.5 Å². The minimum Gasteiger partial charge on any atom is -0.489 e. The van der Waals surface area contributed by atoms with Gasteiger partial charge in [-0.3, -0.25) is 0 Å². The third kappa shape index (κ3) is 3.58. The molecule has 2 aromatic carbocycles. The third-order valence-electron chi connectivity index (χ3n) is 3.72. The van der Waals surface area contributed by atoms with E-state index in [2.05, 4.69) is 56.3 Å². The molecule has 110 valence electrons. The van der Waals surface area contributed by atoms with Gasteiger partial charge in [0.05, 0.1) is 4.08 Å². The van der Waals surface area contributed by atoms with E-state index in [4.69, 9.17) is 4.74 Å². The first-order valence-corrected chi connectivity index (χ1v) is 9.20. The van der Waals surface area contributed by atoms with Crippen molar-refractivity contribution in [1.82, 2.24) is 0 Å². The summed E-state index contributed by atoms with van der Waals surface area (Å²) < 4.78 is 6.14. The summed E-state index contributed by atoms with van der Waals surface area (Å²) in [5, 5.41) is 0. The molecule has 21 heavy (non-hydrogen) atoms. The van der Waals surface area contributed by atoms with Crippen LogP contribution < -0.4 is 4.74 Å². The number of ether oxygens (including phenoxy) is 1. The lowest BCUT2D eigenvalue weighted by atomic mass is 10.1. The maximum absolute atomic E-state index is 5.96. The normalized spacial score (nSPS) is 16.9. The summed E-state index contributed by atoms with van der Waals surface area (Å²) in [4.78, 5) is 0. The van der Waals surface area contributed by atoms with Gasteiger partial charge in [-0.2, -0.15) is 0 Å². The van der Waals surface area contributed by atoms with Gasteiger partial charge in [0.15, 0.2) is 0 Å². The van der Waals surface area contributed by atoms with Gasteiger partial charge in [-0.25, -0.2) is 0 Å². The fourth-order valence-corrected chi connectivity index (χ4v) is 5.27. The molecule has 0 unspecified atom stereocenters. The minimum absolute atomic E-state index is 0.184. The van der Waals surface area contributed by atoms with Crippen molar-refractivity contribution in [2.45, 2.75) is 24.5 Å². The molecule has 0 amide bonds. The monoisotopic (exact) mass is 316 g/mol. The zero-order chi connectivity index (χ0) is 14.7. The summed E-state index contributed by atoms with van der Waals surface area (Å²) in [5.74, 6) is 3.42. The summed E-state index contributed by atoms with van der Waals surface area (Å²) in [5.41, 5.74) is 3.85. The second-order valence-electron chi connectivity index (χ2n) is 5.44. The Morgan fingerprint density at radius 1 is 1.05 bits per heavy atom. The Bertz CT molecular complexity index is 601. The Balaban J connectivity index is 1.70. The molecular weight excluding hydrogens is 296 g/mol. The molecule has 1 fully saturated rings.